The molecule has 1 aromatic heterocycles. The van der Waals surface area contributed by atoms with Crippen molar-refractivity contribution in [1.82, 2.24) is 9.71 Å². The van der Waals surface area contributed by atoms with Crippen LogP contribution in [0.3, 0.4) is 0 Å². The molecule has 2 N–H and O–H groups in total. The summed E-state index contributed by atoms with van der Waals surface area (Å²) in [6, 6.07) is 5.45. The number of ether oxygens (including phenoxy) is 1. The third kappa shape index (κ3) is 5.64. The van der Waals surface area contributed by atoms with E-state index >= 15 is 0 Å². The minimum atomic E-state index is -3.54. The van der Waals surface area contributed by atoms with Gasteiger partial charge in [-0.15, -0.1) is 0 Å². The molecule has 0 unspecified atom stereocenters. The zero-order chi connectivity index (χ0) is 24.5. The minimum absolute atomic E-state index is 0.0782. The summed E-state index contributed by atoms with van der Waals surface area (Å²) in [5.41, 5.74) is 0.968. The molecule has 1 saturated heterocycles. The van der Waals surface area contributed by atoms with Crippen LogP contribution in [0.5, 0.6) is 5.75 Å². The van der Waals surface area contributed by atoms with Gasteiger partial charge in [-0.3, -0.25) is 0 Å². The summed E-state index contributed by atoms with van der Waals surface area (Å²) in [5, 5.41) is 9.67. The highest BCUT2D eigenvalue weighted by Gasteiger charge is 2.39. The first-order valence-electron chi connectivity index (χ1n) is 11.3. The Morgan fingerprint density at radius 2 is 1.91 bits per heavy atom. The molecule has 2 aliphatic rings. The lowest BCUT2D eigenvalue weighted by Crippen LogP contribution is -2.48. The van der Waals surface area contributed by atoms with Gasteiger partial charge in [0.15, 0.2) is 17.4 Å². The third-order valence-corrected chi connectivity index (χ3v) is 7.34. The van der Waals surface area contributed by atoms with Gasteiger partial charge in [0.05, 0.1) is 31.2 Å². The molecule has 2 aromatic rings. The Labute approximate surface area is 197 Å². The van der Waals surface area contributed by atoms with E-state index in [1.165, 1.54) is 11.0 Å². The van der Waals surface area contributed by atoms with Crippen LogP contribution in [0.15, 0.2) is 30.5 Å². The second-order valence-corrected chi connectivity index (χ2v) is 10.8. The normalized spacial score (nSPS) is 25.6. The fourth-order valence-corrected chi connectivity index (χ4v) is 5.76. The molecule has 34 heavy (non-hydrogen) atoms. The topological polar surface area (TPSA) is 91.8 Å². The van der Waals surface area contributed by atoms with E-state index in [2.05, 4.69) is 9.71 Å². The molecular formula is C23H28F3N3O4S. The van der Waals surface area contributed by atoms with E-state index < -0.39 is 39.5 Å². The SMILES string of the molecule is CS(=O)(=O)N[C@H]1CCN(c2ncc(F)c(O)c2F)[C@H]1COC1CCC(c2cccc(F)c2)CC1. The number of aromatic nitrogens is 1. The van der Waals surface area contributed by atoms with E-state index in [4.69, 9.17) is 4.74 Å². The molecule has 0 spiro atoms. The molecule has 11 heteroatoms. The van der Waals surface area contributed by atoms with Crippen LogP contribution in [-0.4, -0.2) is 56.1 Å². The molecule has 1 saturated carbocycles. The Kier molecular flexibility index (Phi) is 7.34. The monoisotopic (exact) mass is 499 g/mol. The van der Waals surface area contributed by atoms with Crippen LogP contribution in [0.2, 0.25) is 0 Å². The smallest absolute Gasteiger partial charge is 0.210 e. The maximum absolute atomic E-state index is 14.6. The third-order valence-electron chi connectivity index (χ3n) is 6.61. The molecule has 2 fully saturated rings. The largest absolute Gasteiger partial charge is 0.503 e. The lowest BCUT2D eigenvalue weighted by molar-refractivity contribution is 0.0155. The van der Waals surface area contributed by atoms with Crippen molar-refractivity contribution in [2.24, 2.45) is 0 Å². The Bertz CT molecular complexity index is 1130. The number of hydrogen-bond acceptors (Lipinski definition) is 6. The van der Waals surface area contributed by atoms with E-state index in [1.807, 2.05) is 6.07 Å². The van der Waals surface area contributed by atoms with Gasteiger partial charge < -0.3 is 14.7 Å². The maximum Gasteiger partial charge on any atom is 0.210 e. The van der Waals surface area contributed by atoms with Crippen LogP contribution in [0, 0.1) is 17.5 Å². The number of nitrogens with zero attached hydrogens (tertiary/aromatic N) is 2. The lowest BCUT2D eigenvalue weighted by Gasteiger charge is -2.33. The van der Waals surface area contributed by atoms with Gasteiger partial charge in [0.25, 0.3) is 0 Å². The number of hydrogen-bond donors (Lipinski definition) is 2. The molecule has 2 heterocycles. The highest BCUT2D eigenvalue weighted by atomic mass is 32.2. The Morgan fingerprint density at radius 1 is 1.18 bits per heavy atom. The highest BCUT2D eigenvalue weighted by Crippen LogP contribution is 2.36. The number of sulfonamides is 1. The van der Waals surface area contributed by atoms with Crippen LogP contribution in [0.25, 0.3) is 0 Å². The first-order chi connectivity index (χ1) is 16.1. The minimum Gasteiger partial charge on any atom is -0.503 e. The number of nitrogens with one attached hydrogen (secondary N) is 1. The van der Waals surface area contributed by atoms with Gasteiger partial charge in [-0.2, -0.15) is 4.39 Å². The summed E-state index contributed by atoms with van der Waals surface area (Å²) < 4.78 is 74.1. The van der Waals surface area contributed by atoms with Crippen LogP contribution < -0.4 is 9.62 Å². The first kappa shape index (κ1) is 24.7. The second kappa shape index (κ2) is 10.1. The Balaban J connectivity index is 1.44. The van der Waals surface area contributed by atoms with Gasteiger partial charge >= 0.3 is 0 Å². The van der Waals surface area contributed by atoms with Crippen molar-refractivity contribution in [1.29, 1.82) is 0 Å². The van der Waals surface area contributed by atoms with Gasteiger partial charge in [-0.1, -0.05) is 12.1 Å². The zero-order valence-corrected chi connectivity index (χ0v) is 19.6. The molecule has 2 atom stereocenters. The average Bonchev–Trinajstić information content (AvgIpc) is 3.17. The van der Waals surface area contributed by atoms with E-state index in [0.29, 0.717) is 6.42 Å². The van der Waals surface area contributed by atoms with Crippen molar-refractivity contribution in [3.05, 3.63) is 53.5 Å². The van der Waals surface area contributed by atoms with Crippen molar-refractivity contribution in [2.45, 2.75) is 56.2 Å². The molecule has 0 bridgehead atoms. The zero-order valence-electron chi connectivity index (χ0n) is 18.8. The number of anilines is 1. The predicted octanol–water partition coefficient (Wildman–Crippen LogP) is 3.44. The van der Waals surface area contributed by atoms with Gasteiger partial charge in [-0.05, 0) is 55.7 Å². The molecule has 186 valence electrons. The molecule has 0 radical (unpaired) electrons. The molecule has 4 rings (SSSR count). The molecule has 1 aliphatic carbocycles. The second-order valence-electron chi connectivity index (χ2n) is 9.00. The van der Waals surface area contributed by atoms with Crippen LogP contribution in [0.4, 0.5) is 19.0 Å². The van der Waals surface area contributed by atoms with Gasteiger partial charge in [0.2, 0.25) is 15.8 Å². The van der Waals surface area contributed by atoms with Crippen molar-refractivity contribution >= 4 is 15.8 Å². The summed E-state index contributed by atoms with van der Waals surface area (Å²) in [6.45, 7) is 0.351. The quantitative estimate of drug-likeness (QED) is 0.607. The molecule has 1 aliphatic heterocycles. The standard InChI is InChI=1S/C23H28F3N3O4S/c1-34(31,32)28-19-9-10-29(23-21(26)22(30)18(25)12-27-23)20(19)13-33-17-7-5-14(6-8-17)15-3-2-4-16(24)11-15/h2-4,11-12,14,17,19-20,28H,5-10,13H2,1H3,(H,27,30)/t14?,17?,19-,20-/m0/s1. The van der Waals surface area contributed by atoms with E-state index in [1.54, 1.807) is 12.1 Å². The first-order valence-corrected chi connectivity index (χ1v) is 13.2. The summed E-state index contributed by atoms with van der Waals surface area (Å²) in [5.74, 6) is -3.75. The van der Waals surface area contributed by atoms with E-state index in [9.17, 15) is 26.7 Å². The highest BCUT2D eigenvalue weighted by molar-refractivity contribution is 7.88. The van der Waals surface area contributed by atoms with Crippen molar-refractivity contribution < 1.29 is 31.4 Å². The van der Waals surface area contributed by atoms with Crippen LogP contribution >= 0.6 is 0 Å². The average molecular weight is 500 g/mol. The van der Waals surface area contributed by atoms with Crippen LogP contribution in [-0.2, 0) is 14.8 Å². The summed E-state index contributed by atoms with van der Waals surface area (Å²) >= 11 is 0. The Hall–Kier alpha value is -2.37. The lowest BCUT2D eigenvalue weighted by atomic mass is 9.82. The van der Waals surface area contributed by atoms with Gasteiger partial charge in [0, 0.05) is 12.6 Å². The summed E-state index contributed by atoms with van der Waals surface area (Å²) in [7, 11) is -3.54. The van der Waals surface area contributed by atoms with Crippen molar-refractivity contribution in [3.63, 3.8) is 0 Å². The van der Waals surface area contributed by atoms with Gasteiger partial charge in [0.1, 0.15) is 5.82 Å². The van der Waals surface area contributed by atoms with Gasteiger partial charge in [-0.25, -0.2) is 26.9 Å². The Morgan fingerprint density at radius 3 is 2.59 bits per heavy atom. The van der Waals surface area contributed by atoms with E-state index in [0.717, 1.165) is 43.7 Å². The number of benzene rings is 1. The fraction of sp³-hybridized carbons (Fsp3) is 0.522. The number of pyridine rings is 1. The number of halogens is 3. The number of rotatable bonds is 7. The number of aromatic hydroxyl groups is 1. The summed E-state index contributed by atoms with van der Waals surface area (Å²) in [4.78, 5) is 5.31. The molecule has 1 aromatic carbocycles. The van der Waals surface area contributed by atoms with Crippen molar-refractivity contribution in [2.75, 3.05) is 24.3 Å². The fourth-order valence-electron chi connectivity index (χ4n) is 4.94. The molecular weight excluding hydrogens is 471 g/mol. The van der Waals surface area contributed by atoms with E-state index in [-0.39, 0.29) is 36.8 Å². The molecule has 0 amide bonds. The maximum atomic E-state index is 14.6. The van der Waals surface area contributed by atoms with Crippen molar-refractivity contribution in [3.8, 4) is 5.75 Å². The molecule has 7 nitrogen and oxygen atoms in total. The van der Waals surface area contributed by atoms with Crippen LogP contribution in [0.1, 0.15) is 43.6 Å². The summed E-state index contributed by atoms with van der Waals surface area (Å²) in [6.07, 6.45) is 5.23. The predicted molar refractivity (Wildman–Crippen MR) is 121 cm³/mol.